The first kappa shape index (κ1) is 23.7. The molecule has 0 bridgehead atoms. The third kappa shape index (κ3) is 6.07. The number of anilines is 1. The minimum atomic E-state index is -4.29. The Hall–Kier alpha value is -1.93. The van der Waals surface area contributed by atoms with Crippen molar-refractivity contribution in [3.63, 3.8) is 0 Å². The van der Waals surface area contributed by atoms with E-state index in [0.29, 0.717) is 53.4 Å². The summed E-state index contributed by atoms with van der Waals surface area (Å²) in [6, 6.07) is 9.88. The van der Waals surface area contributed by atoms with Gasteiger partial charge in [-0.1, -0.05) is 23.7 Å². The SMILES string of the molecule is Cc1cc(F)c(N2CCN(C(=O)C(C)c3ccc(Cl)cc3)CC2)cc1SCC(F)(F)F. The molecule has 1 heterocycles. The molecule has 1 saturated heterocycles. The lowest BCUT2D eigenvalue weighted by Crippen LogP contribution is -2.50. The largest absolute Gasteiger partial charge is 0.398 e. The van der Waals surface area contributed by atoms with E-state index in [-0.39, 0.29) is 17.5 Å². The second kappa shape index (κ2) is 9.69. The van der Waals surface area contributed by atoms with Crippen LogP contribution in [0.4, 0.5) is 23.2 Å². The molecule has 3 nitrogen and oxygen atoms in total. The Bertz CT molecular complexity index is 928. The molecule has 31 heavy (non-hydrogen) atoms. The maximum absolute atomic E-state index is 14.6. The number of hydrogen-bond donors (Lipinski definition) is 0. The van der Waals surface area contributed by atoms with Gasteiger partial charge in [-0.15, -0.1) is 11.8 Å². The monoisotopic (exact) mass is 474 g/mol. The van der Waals surface area contributed by atoms with Crippen LogP contribution in [0, 0.1) is 12.7 Å². The molecule has 2 aromatic rings. The number of hydrogen-bond acceptors (Lipinski definition) is 3. The Morgan fingerprint density at radius 1 is 1.13 bits per heavy atom. The van der Waals surface area contributed by atoms with Gasteiger partial charge in [0.15, 0.2) is 0 Å². The fourth-order valence-corrected chi connectivity index (χ4v) is 4.46. The van der Waals surface area contributed by atoms with E-state index in [4.69, 9.17) is 11.6 Å². The number of nitrogens with zero attached hydrogens (tertiary/aromatic N) is 2. The van der Waals surface area contributed by atoms with E-state index in [2.05, 4.69) is 0 Å². The minimum Gasteiger partial charge on any atom is -0.366 e. The smallest absolute Gasteiger partial charge is 0.366 e. The van der Waals surface area contributed by atoms with E-state index in [0.717, 1.165) is 5.56 Å². The van der Waals surface area contributed by atoms with Gasteiger partial charge in [-0.05, 0) is 49.2 Å². The highest BCUT2D eigenvalue weighted by Crippen LogP contribution is 2.34. The average Bonchev–Trinajstić information content (AvgIpc) is 2.72. The zero-order chi connectivity index (χ0) is 22.8. The number of halogens is 5. The van der Waals surface area contributed by atoms with Crippen molar-refractivity contribution in [3.8, 4) is 0 Å². The molecule has 3 rings (SSSR count). The highest BCUT2D eigenvalue weighted by atomic mass is 35.5. The molecule has 2 aromatic carbocycles. The molecular weight excluding hydrogens is 452 g/mol. The van der Waals surface area contributed by atoms with Crippen molar-refractivity contribution in [1.82, 2.24) is 4.90 Å². The van der Waals surface area contributed by atoms with Crippen LogP contribution >= 0.6 is 23.4 Å². The first-order chi connectivity index (χ1) is 14.5. The quantitative estimate of drug-likeness (QED) is 0.398. The van der Waals surface area contributed by atoms with Gasteiger partial charge in [0.1, 0.15) is 5.82 Å². The van der Waals surface area contributed by atoms with Gasteiger partial charge in [-0.3, -0.25) is 4.79 Å². The second-order valence-corrected chi connectivity index (χ2v) is 9.01. The molecule has 1 aliphatic heterocycles. The van der Waals surface area contributed by atoms with Gasteiger partial charge in [-0.25, -0.2) is 4.39 Å². The minimum absolute atomic E-state index is 0.0206. The van der Waals surface area contributed by atoms with E-state index in [1.807, 2.05) is 19.1 Å². The summed E-state index contributed by atoms with van der Waals surface area (Å²) in [6.45, 7) is 5.07. The van der Waals surface area contributed by atoms with E-state index >= 15 is 0 Å². The highest BCUT2D eigenvalue weighted by molar-refractivity contribution is 7.99. The second-order valence-electron chi connectivity index (χ2n) is 7.56. The molecule has 0 spiro atoms. The van der Waals surface area contributed by atoms with Crippen LogP contribution in [-0.4, -0.2) is 48.9 Å². The number of thioether (sulfide) groups is 1. The van der Waals surface area contributed by atoms with Crippen LogP contribution in [0.25, 0.3) is 0 Å². The first-order valence-electron chi connectivity index (χ1n) is 9.84. The van der Waals surface area contributed by atoms with Crippen LogP contribution in [0.5, 0.6) is 0 Å². The number of amides is 1. The maximum atomic E-state index is 14.6. The fourth-order valence-electron chi connectivity index (χ4n) is 3.54. The molecule has 0 aliphatic carbocycles. The summed E-state index contributed by atoms with van der Waals surface area (Å²) in [5, 5.41) is 0.602. The summed E-state index contributed by atoms with van der Waals surface area (Å²) in [7, 11) is 0. The van der Waals surface area contributed by atoms with E-state index < -0.39 is 17.7 Å². The van der Waals surface area contributed by atoms with Crippen molar-refractivity contribution in [1.29, 1.82) is 0 Å². The van der Waals surface area contributed by atoms with Gasteiger partial charge in [0.2, 0.25) is 5.91 Å². The lowest BCUT2D eigenvalue weighted by Gasteiger charge is -2.37. The zero-order valence-electron chi connectivity index (χ0n) is 17.2. The first-order valence-corrected chi connectivity index (χ1v) is 11.2. The lowest BCUT2D eigenvalue weighted by molar-refractivity contribution is -0.132. The van der Waals surface area contributed by atoms with Crippen molar-refractivity contribution in [3.05, 3.63) is 58.4 Å². The van der Waals surface area contributed by atoms with Gasteiger partial charge in [-0.2, -0.15) is 13.2 Å². The van der Waals surface area contributed by atoms with Gasteiger partial charge >= 0.3 is 6.18 Å². The topological polar surface area (TPSA) is 23.6 Å². The number of carbonyl (C=O) groups is 1. The molecule has 1 unspecified atom stereocenters. The van der Waals surface area contributed by atoms with E-state index in [1.54, 1.807) is 28.9 Å². The molecule has 1 fully saturated rings. The Morgan fingerprint density at radius 2 is 1.74 bits per heavy atom. The standard InChI is InChI=1S/C22H23ClF4N2OS/c1-14-11-18(24)19(12-20(14)31-13-22(25,26)27)28-7-9-29(10-8-28)21(30)15(2)16-3-5-17(23)6-4-16/h3-6,11-12,15H,7-10,13H2,1-2H3. The Kier molecular flexibility index (Phi) is 7.42. The molecule has 1 atom stereocenters. The fraction of sp³-hybridized carbons (Fsp3) is 0.409. The number of aryl methyl sites for hydroxylation is 1. The van der Waals surface area contributed by atoms with Gasteiger partial charge in [0, 0.05) is 36.1 Å². The average molecular weight is 475 g/mol. The number of piperazine rings is 1. The van der Waals surface area contributed by atoms with E-state index in [1.165, 1.54) is 12.1 Å². The van der Waals surface area contributed by atoms with Crippen LogP contribution in [-0.2, 0) is 4.79 Å². The maximum Gasteiger partial charge on any atom is 0.398 e. The number of rotatable bonds is 5. The van der Waals surface area contributed by atoms with Crippen LogP contribution < -0.4 is 4.90 Å². The molecular formula is C22H23ClF4N2OS. The molecule has 1 aliphatic rings. The summed E-state index contributed by atoms with van der Waals surface area (Å²) < 4.78 is 52.3. The molecule has 0 radical (unpaired) electrons. The van der Waals surface area contributed by atoms with Gasteiger partial charge < -0.3 is 9.80 Å². The van der Waals surface area contributed by atoms with Crippen LogP contribution in [0.15, 0.2) is 41.3 Å². The van der Waals surface area contributed by atoms with Crippen molar-refractivity contribution >= 4 is 35.0 Å². The predicted molar refractivity (Wildman–Crippen MR) is 117 cm³/mol. The Balaban J connectivity index is 1.66. The molecule has 0 aromatic heterocycles. The van der Waals surface area contributed by atoms with Crippen LogP contribution in [0.2, 0.25) is 5.02 Å². The van der Waals surface area contributed by atoms with Crippen molar-refractivity contribution in [2.75, 3.05) is 36.8 Å². The third-order valence-electron chi connectivity index (χ3n) is 5.31. The molecule has 9 heteroatoms. The Labute approximate surface area is 188 Å². The molecule has 1 amide bonds. The number of carbonyl (C=O) groups excluding carboxylic acids is 1. The number of alkyl halides is 3. The summed E-state index contributed by atoms with van der Waals surface area (Å²) in [4.78, 5) is 16.8. The summed E-state index contributed by atoms with van der Waals surface area (Å²) in [6.07, 6.45) is -4.29. The third-order valence-corrected chi connectivity index (χ3v) is 6.78. The van der Waals surface area contributed by atoms with Crippen molar-refractivity contribution < 1.29 is 22.4 Å². The highest BCUT2D eigenvalue weighted by Gasteiger charge is 2.29. The van der Waals surface area contributed by atoms with Gasteiger partial charge in [0.25, 0.3) is 0 Å². The predicted octanol–water partition coefficient (Wildman–Crippen LogP) is 5.89. The van der Waals surface area contributed by atoms with Crippen molar-refractivity contribution in [2.24, 2.45) is 0 Å². The molecule has 0 N–H and O–H groups in total. The summed E-state index contributed by atoms with van der Waals surface area (Å²) in [5.74, 6) is -1.84. The zero-order valence-corrected chi connectivity index (χ0v) is 18.8. The van der Waals surface area contributed by atoms with Crippen LogP contribution in [0.3, 0.4) is 0 Å². The normalized spacial score (nSPS) is 15.8. The molecule has 168 valence electrons. The summed E-state index contributed by atoms with van der Waals surface area (Å²) in [5.41, 5.74) is 1.61. The number of benzene rings is 2. The van der Waals surface area contributed by atoms with Gasteiger partial charge in [0.05, 0.1) is 17.4 Å². The summed E-state index contributed by atoms with van der Waals surface area (Å²) >= 11 is 6.56. The lowest BCUT2D eigenvalue weighted by atomic mass is 9.99. The van der Waals surface area contributed by atoms with Crippen LogP contribution in [0.1, 0.15) is 24.0 Å². The Morgan fingerprint density at radius 3 is 2.32 bits per heavy atom. The molecule has 0 saturated carbocycles. The van der Waals surface area contributed by atoms with Crippen molar-refractivity contribution in [2.45, 2.75) is 30.8 Å². The van der Waals surface area contributed by atoms with E-state index in [9.17, 15) is 22.4 Å².